The van der Waals surface area contributed by atoms with Gasteiger partial charge in [0.25, 0.3) is 0 Å². The Kier molecular flexibility index (Phi) is 9.30. The molecule has 3 rings (SSSR count). The van der Waals surface area contributed by atoms with Crippen LogP contribution in [-0.2, 0) is 20.8 Å². The minimum absolute atomic E-state index is 0.0447. The third-order valence-corrected chi connectivity index (χ3v) is 6.23. The highest BCUT2D eigenvalue weighted by molar-refractivity contribution is 7.11. The molecule has 0 spiro atoms. The Hall–Kier alpha value is -3.80. The summed E-state index contributed by atoms with van der Waals surface area (Å²) < 4.78 is 0. The molecule has 35 heavy (non-hydrogen) atoms. The number of carbonyl (C=O) groups excluding carboxylic acids is 4. The van der Waals surface area contributed by atoms with Crippen LogP contribution in [0.5, 0.6) is 0 Å². The molecule has 186 valence electrons. The maximum atomic E-state index is 12.8. The molecular formula is C23H29N7O4S. The van der Waals surface area contributed by atoms with Gasteiger partial charge in [0.15, 0.2) is 11.0 Å². The highest BCUT2D eigenvalue weighted by atomic mass is 32.1. The van der Waals surface area contributed by atoms with E-state index in [4.69, 9.17) is 11.5 Å². The van der Waals surface area contributed by atoms with Crippen LogP contribution in [-0.4, -0.2) is 83.0 Å². The van der Waals surface area contributed by atoms with Crippen LogP contribution in [0.2, 0.25) is 0 Å². The molecule has 0 saturated carbocycles. The molecule has 3 amide bonds. The number of rotatable bonds is 11. The number of thiazole rings is 1. The van der Waals surface area contributed by atoms with Crippen molar-refractivity contribution in [1.29, 1.82) is 0 Å². The number of benzene rings is 1. The number of hydrogen-bond donors (Lipinski definition) is 3. The number of guanidine groups is 1. The number of aliphatic imine (C=N–C) groups is 1. The predicted octanol–water partition coefficient (Wildman–Crippen LogP) is -0.222. The van der Waals surface area contributed by atoms with Crippen LogP contribution in [0.25, 0.3) is 0 Å². The van der Waals surface area contributed by atoms with Gasteiger partial charge in [0, 0.05) is 31.2 Å². The molecule has 1 saturated heterocycles. The van der Waals surface area contributed by atoms with Gasteiger partial charge in [-0.05, 0) is 18.4 Å². The van der Waals surface area contributed by atoms with Crippen molar-refractivity contribution in [3.63, 3.8) is 0 Å². The van der Waals surface area contributed by atoms with Gasteiger partial charge in [-0.25, -0.2) is 4.98 Å². The summed E-state index contributed by atoms with van der Waals surface area (Å²) in [7, 11) is 0. The van der Waals surface area contributed by atoms with Gasteiger partial charge in [-0.15, -0.1) is 11.3 Å². The van der Waals surface area contributed by atoms with Crippen molar-refractivity contribution in [2.45, 2.75) is 25.3 Å². The molecule has 0 bridgehead atoms. The minimum atomic E-state index is -0.813. The lowest BCUT2D eigenvalue weighted by atomic mass is 10.1. The first-order valence-electron chi connectivity index (χ1n) is 11.2. The number of hydrogen-bond acceptors (Lipinski definition) is 7. The lowest BCUT2D eigenvalue weighted by Gasteiger charge is -2.34. The fourth-order valence-corrected chi connectivity index (χ4v) is 4.28. The summed E-state index contributed by atoms with van der Waals surface area (Å²) in [5, 5.41) is 4.69. The first kappa shape index (κ1) is 25.8. The number of carbonyl (C=O) groups is 4. The Morgan fingerprint density at radius 3 is 2.60 bits per heavy atom. The van der Waals surface area contributed by atoms with Crippen LogP contribution in [0.3, 0.4) is 0 Å². The predicted molar refractivity (Wildman–Crippen MR) is 132 cm³/mol. The van der Waals surface area contributed by atoms with Gasteiger partial charge in [0.05, 0.1) is 25.6 Å². The zero-order valence-electron chi connectivity index (χ0n) is 19.3. The Morgan fingerprint density at radius 2 is 1.94 bits per heavy atom. The van der Waals surface area contributed by atoms with E-state index in [0.717, 1.165) is 5.56 Å². The number of ketones is 1. The summed E-state index contributed by atoms with van der Waals surface area (Å²) in [6.45, 7) is 0.610. The Labute approximate surface area is 207 Å². The second-order valence-electron chi connectivity index (χ2n) is 8.06. The van der Waals surface area contributed by atoms with Gasteiger partial charge in [-0.1, -0.05) is 30.3 Å². The average Bonchev–Trinajstić information content (AvgIpc) is 3.37. The number of nitrogens with one attached hydrogen (secondary N) is 1. The van der Waals surface area contributed by atoms with E-state index in [2.05, 4.69) is 15.3 Å². The van der Waals surface area contributed by atoms with Crippen molar-refractivity contribution in [3.8, 4) is 0 Å². The number of nitrogens with two attached hydrogens (primary N) is 2. The molecule has 11 nitrogen and oxygen atoms in total. The normalized spacial score (nSPS) is 14.3. The van der Waals surface area contributed by atoms with E-state index in [0.29, 0.717) is 30.9 Å². The molecule has 1 atom stereocenters. The monoisotopic (exact) mass is 499 g/mol. The van der Waals surface area contributed by atoms with Crippen molar-refractivity contribution < 1.29 is 19.2 Å². The maximum Gasteiger partial charge on any atom is 0.242 e. The van der Waals surface area contributed by atoms with Crippen molar-refractivity contribution in [2.75, 3.05) is 32.7 Å². The molecule has 1 aromatic carbocycles. The summed E-state index contributed by atoms with van der Waals surface area (Å²) in [5.41, 5.74) is 11.5. The summed E-state index contributed by atoms with van der Waals surface area (Å²) in [6.07, 6.45) is 2.53. The molecule has 12 heteroatoms. The Bertz CT molecular complexity index is 1060. The smallest absolute Gasteiger partial charge is 0.242 e. The molecule has 0 radical (unpaired) electrons. The standard InChI is InChI=1S/C23H29N7O4S/c24-23(25)27-8-4-7-17(21(34)22-26-9-12-35-22)28-18(31)14-29-10-11-30(15-20(29)33)19(32)13-16-5-2-1-3-6-16/h1-3,5-6,9,12,17H,4,7-8,10-11,13-15H2,(H,28,31)(H4,24,25,27)/t17-/m0/s1. The quantitative estimate of drug-likeness (QED) is 0.166. The highest BCUT2D eigenvalue weighted by Gasteiger charge is 2.30. The molecule has 2 heterocycles. The number of aromatic nitrogens is 1. The first-order chi connectivity index (χ1) is 16.8. The molecule has 2 aromatic rings. The Morgan fingerprint density at radius 1 is 1.17 bits per heavy atom. The summed E-state index contributed by atoms with van der Waals surface area (Å²) in [5.74, 6) is -1.26. The lowest BCUT2D eigenvalue weighted by Crippen LogP contribution is -2.55. The SMILES string of the molecule is NC(N)=NCCC[C@H](NC(=O)CN1CCN(C(=O)Cc2ccccc2)CC1=O)C(=O)c1nccs1. The van der Waals surface area contributed by atoms with Gasteiger partial charge >= 0.3 is 0 Å². The summed E-state index contributed by atoms with van der Waals surface area (Å²) >= 11 is 1.19. The molecule has 1 aliphatic heterocycles. The van der Waals surface area contributed by atoms with Crippen molar-refractivity contribution in [3.05, 3.63) is 52.5 Å². The number of nitrogens with zero attached hydrogens (tertiary/aromatic N) is 4. The van der Waals surface area contributed by atoms with Crippen LogP contribution in [0, 0.1) is 0 Å². The summed E-state index contributed by atoms with van der Waals surface area (Å²) in [6, 6.07) is 8.50. The Balaban J connectivity index is 1.53. The second kappa shape index (κ2) is 12.6. The third-order valence-electron chi connectivity index (χ3n) is 5.44. The number of amides is 3. The van der Waals surface area contributed by atoms with E-state index < -0.39 is 11.9 Å². The topological polar surface area (TPSA) is 164 Å². The van der Waals surface area contributed by atoms with Crippen LogP contribution in [0.4, 0.5) is 0 Å². The van der Waals surface area contributed by atoms with E-state index in [1.807, 2.05) is 30.3 Å². The number of piperazine rings is 1. The fourth-order valence-electron chi connectivity index (χ4n) is 3.65. The second-order valence-corrected chi connectivity index (χ2v) is 8.96. The lowest BCUT2D eigenvalue weighted by molar-refractivity contribution is -0.146. The largest absolute Gasteiger partial charge is 0.370 e. The zero-order chi connectivity index (χ0) is 25.2. The molecule has 0 unspecified atom stereocenters. The van der Waals surface area contributed by atoms with Crippen molar-refractivity contribution in [2.24, 2.45) is 16.5 Å². The van der Waals surface area contributed by atoms with E-state index >= 15 is 0 Å². The fraction of sp³-hybridized carbons (Fsp3) is 0.391. The molecule has 1 aliphatic rings. The average molecular weight is 500 g/mol. The van der Waals surface area contributed by atoms with E-state index in [1.165, 1.54) is 27.3 Å². The molecule has 1 aromatic heterocycles. The van der Waals surface area contributed by atoms with Crippen molar-refractivity contribution >= 4 is 40.8 Å². The van der Waals surface area contributed by atoms with Gasteiger partial charge < -0.3 is 26.6 Å². The molecule has 1 fully saturated rings. The highest BCUT2D eigenvalue weighted by Crippen LogP contribution is 2.12. The van der Waals surface area contributed by atoms with Crippen LogP contribution < -0.4 is 16.8 Å². The molecule has 5 N–H and O–H groups in total. The first-order valence-corrected chi connectivity index (χ1v) is 12.1. The summed E-state index contributed by atoms with van der Waals surface area (Å²) in [4.78, 5) is 61.5. The van der Waals surface area contributed by atoms with Crippen molar-refractivity contribution in [1.82, 2.24) is 20.1 Å². The number of Topliss-reactive ketones (excluding diaryl/α,β-unsaturated/α-hetero) is 1. The maximum absolute atomic E-state index is 12.8. The van der Waals surface area contributed by atoms with Gasteiger partial charge in [0.1, 0.15) is 0 Å². The van der Waals surface area contributed by atoms with Gasteiger partial charge in [-0.2, -0.15) is 0 Å². The van der Waals surface area contributed by atoms with Gasteiger partial charge in [0.2, 0.25) is 23.5 Å². The zero-order valence-corrected chi connectivity index (χ0v) is 20.1. The van der Waals surface area contributed by atoms with E-state index in [9.17, 15) is 19.2 Å². The van der Waals surface area contributed by atoms with Crippen LogP contribution in [0.1, 0.15) is 28.2 Å². The molecule has 0 aliphatic carbocycles. The van der Waals surface area contributed by atoms with Crippen LogP contribution >= 0.6 is 11.3 Å². The van der Waals surface area contributed by atoms with E-state index in [-0.39, 0.29) is 49.6 Å². The minimum Gasteiger partial charge on any atom is -0.370 e. The van der Waals surface area contributed by atoms with E-state index in [1.54, 1.807) is 5.38 Å². The van der Waals surface area contributed by atoms with Crippen LogP contribution in [0.15, 0.2) is 46.9 Å². The van der Waals surface area contributed by atoms with Gasteiger partial charge in [-0.3, -0.25) is 24.2 Å². The third kappa shape index (κ3) is 7.88. The molecular weight excluding hydrogens is 470 g/mol.